The number of oxime groups is 1. The van der Waals surface area contributed by atoms with Gasteiger partial charge in [0.15, 0.2) is 5.84 Å². The summed E-state index contributed by atoms with van der Waals surface area (Å²) in [6, 6.07) is -0.210. The molecule has 1 fully saturated rings. The van der Waals surface area contributed by atoms with Crippen molar-refractivity contribution in [3.8, 4) is 0 Å². The van der Waals surface area contributed by atoms with E-state index in [4.69, 9.17) is 10.9 Å². The van der Waals surface area contributed by atoms with Gasteiger partial charge in [-0.15, -0.1) is 0 Å². The molecule has 0 aromatic carbocycles. The first kappa shape index (κ1) is 12.8. The summed E-state index contributed by atoms with van der Waals surface area (Å²) < 4.78 is 0. The molecule has 0 aromatic heterocycles. The molecule has 16 heavy (non-hydrogen) atoms. The van der Waals surface area contributed by atoms with E-state index < -0.39 is 0 Å². The predicted octanol–water partition coefficient (Wildman–Crippen LogP) is 1.16. The van der Waals surface area contributed by atoms with E-state index in [1.807, 2.05) is 13.8 Å². The van der Waals surface area contributed by atoms with E-state index in [2.05, 4.69) is 5.16 Å². The molecule has 92 valence electrons. The number of amides is 1. The van der Waals surface area contributed by atoms with Gasteiger partial charge in [0.2, 0.25) is 5.91 Å². The summed E-state index contributed by atoms with van der Waals surface area (Å²) in [5.41, 5.74) is 5.60. The molecule has 5 nitrogen and oxygen atoms in total. The lowest BCUT2D eigenvalue weighted by Crippen LogP contribution is -2.46. The Morgan fingerprint density at radius 2 is 2.19 bits per heavy atom. The van der Waals surface area contributed by atoms with Crippen molar-refractivity contribution in [2.45, 2.75) is 45.6 Å². The van der Waals surface area contributed by atoms with Crippen LogP contribution in [0.15, 0.2) is 5.16 Å². The largest absolute Gasteiger partial charge is 0.409 e. The summed E-state index contributed by atoms with van der Waals surface area (Å²) in [7, 11) is 0. The van der Waals surface area contributed by atoms with Crippen LogP contribution in [0.5, 0.6) is 0 Å². The summed E-state index contributed by atoms with van der Waals surface area (Å²) >= 11 is 0. The molecule has 0 radical (unpaired) electrons. The molecular formula is C11H21N3O2. The highest BCUT2D eigenvalue weighted by molar-refractivity contribution is 5.91. The third-order valence-electron chi connectivity index (χ3n) is 3.33. The van der Waals surface area contributed by atoms with E-state index >= 15 is 0 Å². The van der Waals surface area contributed by atoms with Crippen molar-refractivity contribution in [2.24, 2.45) is 16.8 Å². The normalized spacial score (nSPS) is 21.8. The van der Waals surface area contributed by atoms with Crippen molar-refractivity contribution in [3.05, 3.63) is 0 Å². The Bertz CT molecular complexity index is 274. The van der Waals surface area contributed by atoms with Crippen LogP contribution in [0.25, 0.3) is 0 Å². The van der Waals surface area contributed by atoms with Crippen LogP contribution < -0.4 is 5.73 Å². The number of carbonyl (C=O) groups excluding carboxylic acids is 1. The molecular weight excluding hydrogens is 206 g/mol. The van der Waals surface area contributed by atoms with Crippen molar-refractivity contribution in [2.75, 3.05) is 6.54 Å². The van der Waals surface area contributed by atoms with E-state index in [1.165, 1.54) is 0 Å². The maximum Gasteiger partial charge on any atom is 0.226 e. The molecule has 0 aromatic rings. The quantitative estimate of drug-likeness (QED) is 0.327. The maximum absolute atomic E-state index is 12.2. The lowest BCUT2D eigenvalue weighted by Gasteiger charge is -2.27. The molecule has 0 aliphatic carbocycles. The Labute approximate surface area is 96.3 Å². The summed E-state index contributed by atoms with van der Waals surface area (Å²) in [5.74, 6) is 0.350. The van der Waals surface area contributed by atoms with Gasteiger partial charge in [0, 0.05) is 12.5 Å². The SMILES string of the molecule is CCC(CC)C(=O)N1CCCC1C(N)=NO. The molecule has 1 amide bonds. The molecule has 1 aliphatic heterocycles. The van der Waals surface area contributed by atoms with Crippen molar-refractivity contribution in [1.82, 2.24) is 4.90 Å². The molecule has 1 aliphatic rings. The lowest BCUT2D eigenvalue weighted by molar-refractivity contribution is -0.135. The summed E-state index contributed by atoms with van der Waals surface area (Å²) in [4.78, 5) is 13.9. The van der Waals surface area contributed by atoms with Crippen LogP contribution in [0.2, 0.25) is 0 Å². The summed E-state index contributed by atoms with van der Waals surface area (Å²) in [6.45, 7) is 4.75. The Kier molecular flexibility index (Phi) is 4.58. The van der Waals surface area contributed by atoms with Crippen molar-refractivity contribution < 1.29 is 10.0 Å². The van der Waals surface area contributed by atoms with Crippen molar-refractivity contribution >= 4 is 11.7 Å². The number of hydrogen-bond donors (Lipinski definition) is 2. The number of carbonyl (C=O) groups is 1. The number of nitrogens with zero attached hydrogens (tertiary/aromatic N) is 2. The highest BCUT2D eigenvalue weighted by Crippen LogP contribution is 2.22. The third-order valence-corrected chi connectivity index (χ3v) is 3.33. The predicted molar refractivity (Wildman–Crippen MR) is 62.2 cm³/mol. The zero-order valence-corrected chi connectivity index (χ0v) is 10.0. The fourth-order valence-electron chi connectivity index (χ4n) is 2.28. The fraction of sp³-hybridized carbons (Fsp3) is 0.818. The van der Waals surface area contributed by atoms with Gasteiger partial charge in [0.05, 0.1) is 6.04 Å². The third kappa shape index (κ3) is 2.46. The van der Waals surface area contributed by atoms with Gasteiger partial charge in [-0.25, -0.2) is 0 Å². The first-order valence-corrected chi connectivity index (χ1v) is 5.93. The van der Waals surface area contributed by atoms with Gasteiger partial charge in [0.25, 0.3) is 0 Å². The monoisotopic (exact) mass is 227 g/mol. The van der Waals surface area contributed by atoms with Gasteiger partial charge in [-0.3, -0.25) is 4.79 Å². The number of rotatable bonds is 4. The number of amidine groups is 1. The van der Waals surface area contributed by atoms with Crippen LogP contribution in [-0.2, 0) is 4.79 Å². The van der Waals surface area contributed by atoms with E-state index in [0.717, 1.165) is 32.2 Å². The fourth-order valence-corrected chi connectivity index (χ4v) is 2.28. The first-order valence-electron chi connectivity index (χ1n) is 5.93. The number of hydrogen-bond acceptors (Lipinski definition) is 3. The summed E-state index contributed by atoms with van der Waals surface area (Å²) in [6.07, 6.45) is 3.40. The minimum atomic E-state index is -0.210. The van der Waals surface area contributed by atoms with Gasteiger partial charge >= 0.3 is 0 Å². The Morgan fingerprint density at radius 1 is 1.56 bits per heavy atom. The molecule has 0 saturated carbocycles. The highest BCUT2D eigenvalue weighted by atomic mass is 16.4. The van der Waals surface area contributed by atoms with Crippen molar-refractivity contribution in [3.63, 3.8) is 0 Å². The van der Waals surface area contributed by atoms with E-state index in [1.54, 1.807) is 4.90 Å². The van der Waals surface area contributed by atoms with Crippen LogP contribution >= 0.6 is 0 Å². The maximum atomic E-state index is 12.2. The van der Waals surface area contributed by atoms with Gasteiger partial charge in [-0.2, -0.15) is 0 Å². The lowest BCUT2D eigenvalue weighted by atomic mass is 10.0. The number of likely N-dealkylation sites (tertiary alicyclic amines) is 1. The van der Waals surface area contributed by atoms with Gasteiger partial charge in [0.1, 0.15) is 0 Å². The molecule has 1 atom stereocenters. The molecule has 1 saturated heterocycles. The Balaban J connectivity index is 2.75. The zero-order valence-electron chi connectivity index (χ0n) is 10.0. The Morgan fingerprint density at radius 3 is 2.69 bits per heavy atom. The molecule has 1 rings (SSSR count). The van der Waals surface area contributed by atoms with Crippen molar-refractivity contribution in [1.29, 1.82) is 0 Å². The van der Waals surface area contributed by atoms with Gasteiger partial charge in [-0.05, 0) is 25.7 Å². The smallest absolute Gasteiger partial charge is 0.226 e. The van der Waals surface area contributed by atoms with Gasteiger partial charge < -0.3 is 15.8 Å². The second kappa shape index (κ2) is 5.72. The van der Waals surface area contributed by atoms with Crippen LogP contribution in [0.3, 0.4) is 0 Å². The average Bonchev–Trinajstić information content (AvgIpc) is 2.78. The van der Waals surface area contributed by atoms with Crippen LogP contribution in [0, 0.1) is 5.92 Å². The van der Waals surface area contributed by atoms with E-state index in [-0.39, 0.29) is 23.7 Å². The minimum absolute atomic E-state index is 0.0621. The standard InChI is InChI=1S/C11H21N3O2/c1-3-8(4-2)11(15)14-7-5-6-9(14)10(12)13-16/h8-9,16H,3-7H2,1-2H3,(H2,12,13). The van der Waals surface area contributed by atoms with Crippen LogP contribution in [-0.4, -0.2) is 34.4 Å². The molecule has 1 heterocycles. The van der Waals surface area contributed by atoms with Crippen LogP contribution in [0.1, 0.15) is 39.5 Å². The first-order chi connectivity index (χ1) is 7.65. The van der Waals surface area contributed by atoms with E-state index in [9.17, 15) is 4.79 Å². The molecule has 0 spiro atoms. The molecule has 5 heteroatoms. The summed E-state index contributed by atoms with van der Waals surface area (Å²) in [5, 5.41) is 11.7. The second-order valence-corrected chi connectivity index (χ2v) is 4.23. The number of nitrogens with two attached hydrogens (primary N) is 1. The Hall–Kier alpha value is -1.26. The topological polar surface area (TPSA) is 78.9 Å². The van der Waals surface area contributed by atoms with Gasteiger partial charge in [-0.1, -0.05) is 19.0 Å². The molecule has 0 bridgehead atoms. The average molecular weight is 227 g/mol. The second-order valence-electron chi connectivity index (χ2n) is 4.23. The zero-order chi connectivity index (χ0) is 12.1. The minimum Gasteiger partial charge on any atom is -0.409 e. The van der Waals surface area contributed by atoms with E-state index in [0.29, 0.717) is 0 Å². The van der Waals surface area contributed by atoms with Crippen LogP contribution in [0.4, 0.5) is 0 Å². The highest BCUT2D eigenvalue weighted by Gasteiger charge is 2.34. The molecule has 3 N–H and O–H groups in total. The molecule has 1 unspecified atom stereocenters.